The molecule has 1 heterocycles. The second-order valence-electron chi connectivity index (χ2n) is 4.77. The van der Waals surface area contributed by atoms with E-state index in [9.17, 15) is 0 Å². The summed E-state index contributed by atoms with van der Waals surface area (Å²) in [5, 5.41) is 1.53. The van der Waals surface area contributed by atoms with Crippen molar-refractivity contribution in [2.75, 3.05) is 18.5 Å². The fourth-order valence-electron chi connectivity index (χ4n) is 2.64. The van der Waals surface area contributed by atoms with Crippen molar-refractivity contribution in [2.45, 2.75) is 20.8 Å². The van der Waals surface area contributed by atoms with Crippen molar-refractivity contribution in [3.8, 4) is 11.3 Å². The van der Waals surface area contributed by atoms with Crippen LogP contribution in [-0.4, -0.2) is 23.5 Å². The summed E-state index contributed by atoms with van der Waals surface area (Å²) in [5.41, 5.74) is 2.14. The van der Waals surface area contributed by atoms with Crippen LogP contribution in [0.25, 0.3) is 11.3 Å². The summed E-state index contributed by atoms with van der Waals surface area (Å²) in [4.78, 5) is 4.43. The van der Waals surface area contributed by atoms with E-state index in [1.165, 1.54) is 23.8 Å². The molecule has 0 fully saturated rings. The van der Waals surface area contributed by atoms with Gasteiger partial charge in [0.2, 0.25) is 0 Å². The van der Waals surface area contributed by atoms with Crippen molar-refractivity contribution in [1.82, 2.24) is 4.98 Å². The molecule has 1 aromatic carbocycles. The van der Waals surface area contributed by atoms with Gasteiger partial charge in [0, 0.05) is 38.9 Å². The molecule has 0 bridgehead atoms. The summed E-state index contributed by atoms with van der Waals surface area (Å²) >= 11 is 0. The van der Waals surface area contributed by atoms with Crippen LogP contribution in [0.15, 0.2) is 42.6 Å². The van der Waals surface area contributed by atoms with Gasteiger partial charge in [0.15, 0.2) is 0 Å². The molecule has 109 valence electrons. The van der Waals surface area contributed by atoms with Crippen LogP contribution in [-0.2, 0) is 20.1 Å². The molecule has 0 aliphatic rings. The maximum atomic E-state index is 4.43. The molecule has 2 rings (SSSR count). The largest absolute Gasteiger partial charge is 0.305 e. The van der Waals surface area contributed by atoms with Crippen molar-refractivity contribution < 1.29 is 20.1 Å². The van der Waals surface area contributed by atoms with E-state index >= 15 is 0 Å². The molecule has 1 aromatic heterocycles. The molecule has 0 amide bonds. The number of benzene rings is 1. The molecule has 3 heteroatoms. The predicted molar refractivity (Wildman–Crippen MR) is 86.7 cm³/mol. The van der Waals surface area contributed by atoms with Crippen molar-refractivity contribution in [3.05, 3.63) is 48.7 Å². The van der Waals surface area contributed by atoms with E-state index in [2.05, 4.69) is 56.1 Å². The normalized spacial score (nSPS) is 10.9. The first-order valence-electron chi connectivity index (χ1n) is 7.05. The second-order valence-corrected chi connectivity index (χ2v) is 9.47. The number of nitrogens with zero attached hydrogens (tertiary/aromatic N) is 1. The second kappa shape index (κ2) is 8.03. The van der Waals surface area contributed by atoms with Gasteiger partial charge in [-0.3, -0.25) is 0 Å². The molecular formula is C17H22IrNP. The molecule has 20 heavy (non-hydrogen) atoms. The topological polar surface area (TPSA) is 12.9 Å². The summed E-state index contributed by atoms with van der Waals surface area (Å²) in [6, 6.07) is 16.0. The SMILES string of the molecule is CC[P+](CC)(CC)c1cc[c-]c(-c2ccccn2)c1.[Ir]. The maximum absolute atomic E-state index is 4.43. The number of aromatic nitrogens is 1. The van der Waals surface area contributed by atoms with Gasteiger partial charge in [-0.05, 0) is 32.5 Å². The Labute approximate surface area is 136 Å². The molecule has 1 nitrogen and oxygen atoms in total. The molecule has 2 aromatic rings. The first-order valence-corrected chi connectivity index (χ1v) is 9.40. The smallest absolute Gasteiger partial charge is 0.0597 e. The van der Waals surface area contributed by atoms with Crippen molar-refractivity contribution in [1.29, 1.82) is 0 Å². The van der Waals surface area contributed by atoms with Crippen molar-refractivity contribution in [3.63, 3.8) is 0 Å². The summed E-state index contributed by atoms with van der Waals surface area (Å²) in [6.07, 6.45) is 5.70. The first kappa shape index (κ1) is 17.5. The average molecular weight is 464 g/mol. The molecule has 0 atom stereocenters. The van der Waals surface area contributed by atoms with Gasteiger partial charge in [-0.25, -0.2) is 0 Å². The van der Waals surface area contributed by atoms with Gasteiger partial charge < -0.3 is 4.98 Å². The van der Waals surface area contributed by atoms with Crippen LogP contribution in [0.4, 0.5) is 0 Å². The van der Waals surface area contributed by atoms with Gasteiger partial charge in [0.25, 0.3) is 0 Å². The Morgan fingerprint density at radius 3 is 2.30 bits per heavy atom. The van der Waals surface area contributed by atoms with Crippen LogP contribution in [0, 0.1) is 6.07 Å². The average Bonchev–Trinajstić information content (AvgIpc) is 2.51. The molecule has 0 aliphatic heterocycles. The summed E-state index contributed by atoms with van der Waals surface area (Å²) in [7, 11) is -0.986. The number of hydrogen-bond donors (Lipinski definition) is 0. The van der Waals surface area contributed by atoms with Crippen LogP contribution in [0.5, 0.6) is 0 Å². The molecular weight excluding hydrogens is 441 g/mol. The zero-order valence-electron chi connectivity index (χ0n) is 12.4. The van der Waals surface area contributed by atoms with Crippen LogP contribution < -0.4 is 5.30 Å². The van der Waals surface area contributed by atoms with Crippen molar-refractivity contribution >= 4 is 12.6 Å². The van der Waals surface area contributed by atoms with E-state index in [0.29, 0.717) is 0 Å². The third kappa shape index (κ3) is 3.55. The Bertz CT molecular complexity index is 515. The number of rotatable bonds is 5. The third-order valence-corrected chi connectivity index (χ3v) is 9.10. The Morgan fingerprint density at radius 1 is 1.05 bits per heavy atom. The Morgan fingerprint density at radius 2 is 1.75 bits per heavy atom. The van der Waals surface area contributed by atoms with Crippen LogP contribution >= 0.6 is 7.26 Å². The molecule has 0 spiro atoms. The van der Waals surface area contributed by atoms with Gasteiger partial charge >= 0.3 is 0 Å². The molecule has 0 unspecified atom stereocenters. The van der Waals surface area contributed by atoms with E-state index in [1.807, 2.05) is 18.3 Å². The molecule has 0 N–H and O–H groups in total. The zero-order valence-corrected chi connectivity index (χ0v) is 15.7. The molecule has 0 saturated heterocycles. The number of hydrogen-bond acceptors (Lipinski definition) is 1. The Kier molecular flexibility index (Phi) is 7.03. The molecule has 0 saturated carbocycles. The monoisotopic (exact) mass is 464 g/mol. The molecule has 0 aliphatic carbocycles. The minimum absolute atomic E-state index is 0. The predicted octanol–water partition coefficient (Wildman–Crippen LogP) is 4.25. The van der Waals surface area contributed by atoms with Crippen molar-refractivity contribution in [2.24, 2.45) is 0 Å². The van der Waals surface area contributed by atoms with E-state index in [1.54, 1.807) is 0 Å². The van der Waals surface area contributed by atoms with Gasteiger partial charge in [0.1, 0.15) is 0 Å². The number of pyridine rings is 1. The van der Waals surface area contributed by atoms with Gasteiger partial charge in [0.05, 0.1) is 18.5 Å². The van der Waals surface area contributed by atoms with Gasteiger partial charge in [-0.15, -0.1) is 29.8 Å². The minimum Gasteiger partial charge on any atom is -0.305 e. The summed E-state index contributed by atoms with van der Waals surface area (Å²) in [5.74, 6) is 0. The van der Waals surface area contributed by atoms with E-state index < -0.39 is 7.26 Å². The van der Waals surface area contributed by atoms with E-state index in [0.717, 1.165) is 11.3 Å². The van der Waals surface area contributed by atoms with Crippen LogP contribution in [0.1, 0.15) is 20.8 Å². The minimum atomic E-state index is -0.986. The van der Waals surface area contributed by atoms with Gasteiger partial charge in [-0.2, -0.15) is 0 Å². The third-order valence-electron chi connectivity index (χ3n) is 4.09. The fraction of sp³-hybridized carbons (Fsp3) is 0.353. The summed E-state index contributed by atoms with van der Waals surface area (Å²) in [6.45, 7) is 6.99. The van der Waals surface area contributed by atoms with Crippen LogP contribution in [0.2, 0.25) is 0 Å². The maximum Gasteiger partial charge on any atom is 0.0597 e. The quantitative estimate of drug-likeness (QED) is 0.477. The molecule has 1 radical (unpaired) electrons. The first-order chi connectivity index (χ1) is 9.25. The van der Waals surface area contributed by atoms with E-state index in [-0.39, 0.29) is 20.1 Å². The fourth-order valence-corrected chi connectivity index (χ4v) is 5.87. The summed E-state index contributed by atoms with van der Waals surface area (Å²) < 4.78 is 0. The Hall–Kier alpha value is -0.551. The van der Waals surface area contributed by atoms with E-state index in [4.69, 9.17) is 0 Å². The van der Waals surface area contributed by atoms with Crippen LogP contribution in [0.3, 0.4) is 0 Å². The van der Waals surface area contributed by atoms with Gasteiger partial charge in [-0.1, -0.05) is 12.1 Å². The zero-order chi connectivity index (χ0) is 13.7. The Balaban J connectivity index is 0.00000200. The standard InChI is InChI=1S/C17H22NP.Ir/c1-4-19(5-2,6-3)16-11-9-10-15(14-16)17-12-7-8-13-18-17;/h7-9,11-14H,4-6H2,1-3H3;.